The van der Waals surface area contributed by atoms with E-state index in [2.05, 4.69) is 0 Å². The molecular formula is C15H16N2O5S2. The molecule has 0 N–H and O–H groups in total. The summed E-state index contributed by atoms with van der Waals surface area (Å²) in [7, 11) is -3.65. The van der Waals surface area contributed by atoms with Crippen LogP contribution in [0.25, 0.3) is 0 Å². The van der Waals surface area contributed by atoms with E-state index in [0.29, 0.717) is 25.3 Å². The standard InChI is InChI=1S/C15H16N2O5S2/c18-17(19)12-3-5-13(6-4-12)24(20,21)16-8-7-15(23-11-9-16)14-2-1-10-22-14/h1-6,10,15H,7-9,11H2. The summed E-state index contributed by atoms with van der Waals surface area (Å²) in [5, 5.41) is 10.8. The fraction of sp³-hybridized carbons (Fsp3) is 0.333. The number of nitro benzene ring substituents is 1. The fourth-order valence-electron chi connectivity index (χ4n) is 2.58. The number of hydrogen-bond acceptors (Lipinski definition) is 6. The van der Waals surface area contributed by atoms with Gasteiger partial charge in [0.2, 0.25) is 10.0 Å². The van der Waals surface area contributed by atoms with Crippen LogP contribution in [-0.4, -0.2) is 36.5 Å². The molecule has 1 aliphatic heterocycles. The zero-order valence-corrected chi connectivity index (χ0v) is 14.3. The average Bonchev–Trinajstić information content (AvgIpc) is 2.99. The van der Waals surface area contributed by atoms with E-state index in [4.69, 9.17) is 4.42 Å². The molecule has 1 aromatic heterocycles. The van der Waals surface area contributed by atoms with Gasteiger partial charge in [-0.15, -0.1) is 11.8 Å². The van der Waals surface area contributed by atoms with Crippen molar-refractivity contribution in [1.29, 1.82) is 0 Å². The zero-order chi connectivity index (χ0) is 17.2. The van der Waals surface area contributed by atoms with Crippen LogP contribution in [0.15, 0.2) is 52.0 Å². The molecule has 1 aliphatic rings. The summed E-state index contributed by atoms with van der Waals surface area (Å²) in [4.78, 5) is 10.2. The Bertz CT molecular complexity index is 803. The molecular weight excluding hydrogens is 352 g/mol. The van der Waals surface area contributed by atoms with E-state index in [1.807, 2.05) is 12.1 Å². The first kappa shape index (κ1) is 17.0. The normalized spacial score (nSPS) is 19.8. The first-order valence-corrected chi connectivity index (χ1v) is 9.87. The lowest BCUT2D eigenvalue weighted by molar-refractivity contribution is -0.384. The highest BCUT2D eigenvalue weighted by Crippen LogP contribution is 2.35. The van der Waals surface area contributed by atoms with Crippen molar-refractivity contribution in [2.75, 3.05) is 18.8 Å². The smallest absolute Gasteiger partial charge is 0.269 e. The molecule has 128 valence electrons. The molecule has 1 unspecified atom stereocenters. The maximum atomic E-state index is 12.7. The van der Waals surface area contributed by atoms with Crippen molar-refractivity contribution < 1.29 is 17.8 Å². The monoisotopic (exact) mass is 368 g/mol. The SMILES string of the molecule is O=[N+]([O-])c1ccc(S(=O)(=O)N2CCSC(c3ccco3)CC2)cc1. The summed E-state index contributed by atoms with van der Waals surface area (Å²) in [5.74, 6) is 1.52. The van der Waals surface area contributed by atoms with Gasteiger partial charge >= 0.3 is 0 Å². The van der Waals surface area contributed by atoms with Gasteiger partial charge in [-0.05, 0) is 30.7 Å². The van der Waals surface area contributed by atoms with Gasteiger partial charge in [-0.25, -0.2) is 8.42 Å². The zero-order valence-electron chi connectivity index (χ0n) is 12.7. The largest absolute Gasteiger partial charge is 0.468 e. The van der Waals surface area contributed by atoms with E-state index in [9.17, 15) is 18.5 Å². The van der Waals surface area contributed by atoms with Crippen LogP contribution < -0.4 is 0 Å². The highest BCUT2D eigenvalue weighted by atomic mass is 32.2. The van der Waals surface area contributed by atoms with E-state index in [0.717, 1.165) is 5.76 Å². The molecule has 0 saturated carbocycles. The molecule has 9 heteroatoms. The number of nitrogens with zero attached hydrogens (tertiary/aromatic N) is 2. The van der Waals surface area contributed by atoms with Crippen molar-refractivity contribution in [1.82, 2.24) is 4.31 Å². The average molecular weight is 368 g/mol. The van der Waals surface area contributed by atoms with E-state index in [-0.39, 0.29) is 15.8 Å². The second-order valence-corrected chi connectivity index (χ2v) is 8.57. The van der Waals surface area contributed by atoms with Crippen molar-refractivity contribution in [3.8, 4) is 0 Å². The Hall–Kier alpha value is -1.84. The first-order valence-electron chi connectivity index (χ1n) is 7.38. The molecule has 24 heavy (non-hydrogen) atoms. The summed E-state index contributed by atoms with van der Waals surface area (Å²) in [6.07, 6.45) is 2.27. The van der Waals surface area contributed by atoms with E-state index in [1.54, 1.807) is 18.0 Å². The lowest BCUT2D eigenvalue weighted by atomic mass is 10.2. The van der Waals surface area contributed by atoms with Gasteiger partial charge < -0.3 is 4.42 Å². The lowest BCUT2D eigenvalue weighted by Crippen LogP contribution is -2.33. The Morgan fingerprint density at radius 1 is 1.21 bits per heavy atom. The van der Waals surface area contributed by atoms with Crippen LogP contribution in [0.5, 0.6) is 0 Å². The van der Waals surface area contributed by atoms with Crippen LogP contribution in [0.3, 0.4) is 0 Å². The van der Waals surface area contributed by atoms with Gasteiger partial charge in [-0.2, -0.15) is 4.31 Å². The van der Waals surface area contributed by atoms with E-state index < -0.39 is 14.9 Å². The van der Waals surface area contributed by atoms with Gasteiger partial charge in [0.05, 0.1) is 21.3 Å². The minimum atomic E-state index is -3.65. The van der Waals surface area contributed by atoms with Crippen molar-refractivity contribution in [3.05, 3.63) is 58.5 Å². The molecule has 1 fully saturated rings. The third-order valence-electron chi connectivity index (χ3n) is 3.85. The van der Waals surface area contributed by atoms with Gasteiger partial charge in [-0.3, -0.25) is 10.1 Å². The van der Waals surface area contributed by atoms with Crippen molar-refractivity contribution in [2.24, 2.45) is 0 Å². The van der Waals surface area contributed by atoms with Crippen molar-refractivity contribution >= 4 is 27.5 Å². The Labute approximate surface area is 143 Å². The Kier molecular flexibility index (Phi) is 4.93. The predicted octanol–water partition coefficient (Wildman–Crippen LogP) is 3.06. The van der Waals surface area contributed by atoms with Crippen LogP contribution in [-0.2, 0) is 10.0 Å². The predicted molar refractivity (Wildman–Crippen MR) is 90.4 cm³/mol. The quantitative estimate of drug-likeness (QED) is 0.608. The van der Waals surface area contributed by atoms with Crippen LogP contribution in [0.2, 0.25) is 0 Å². The molecule has 0 radical (unpaired) electrons. The Morgan fingerprint density at radius 2 is 1.96 bits per heavy atom. The molecule has 1 aromatic carbocycles. The van der Waals surface area contributed by atoms with Crippen LogP contribution in [0, 0.1) is 10.1 Å². The molecule has 0 bridgehead atoms. The third kappa shape index (κ3) is 3.47. The number of thioether (sulfide) groups is 1. The molecule has 2 heterocycles. The minimum Gasteiger partial charge on any atom is -0.468 e. The molecule has 7 nitrogen and oxygen atoms in total. The molecule has 2 aromatic rings. The Morgan fingerprint density at radius 3 is 2.58 bits per heavy atom. The maximum Gasteiger partial charge on any atom is 0.269 e. The molecule has 3 rings (SSSR count). The van der Waals surface area contributed by atoms with Crippen molar-refractivity contribution in [3.63, 3.8) is 0 Å². The number of benzene rings is 1. The van der Waals surface area contributed by atoms with Crippen LogP contribution in [0.4, 0.5) is 5.69 Å². The van der Waals surface area contributed by atoms with Gasteiger partial charge in [0.1, 0.15) is 5.76 Å². The van der Waals surface area contributed by atoms with Crippen LogP contribution in [0.1, 0.15) is 17.4 Å². The highest BCUT2D eigenvalue weighted by molar-refractivity contribution is 7.99. The second-order valence-electron chi connectivity index (χ2n) is 5.32. The number of furan rings is 1. The molecule has 1 saturated heterocycles. The summed E-state index contributed by atoms with van der Waals surface area (Å²) >= 11 is 1.67. The number of sulfonamides is 1. The number of hydrogen-bond donors (Lipinski definition) is 0. The number of non-ortho nitro benzene ring substituents is 1. The fourth-order valence-corrected chi connectivity index (χ4v) is 5.33. The molecule has 0 aliphatic carbocycles. The second kappa shape index (κ2) is 6.96. The van der Waals surface area contributed by atoms with Crippen LogP contribution >= 0.6 is 11.8 Å². The van der Waals surface area contributed by atoms with Gasteiger partial charge in [0.25, 0.3) is 5.69 Å². The Balaban J connectivity index is 1.76. The molecule has 0 spiro atoms. The minimum absolute atomic E-state index is 0.0783. The van der Waals surface area contributed by atoms with Gasteiger partial charge in [0.15, 0.2) is 0 Å². The van der Waals surface area contributed by atoms with E-state index >= 15 is 0 Å². The van der Waals surface area contributed by atoms with Gasteiger partial charge in [0, 0.05) is 31.0 Å². The van der Waals surface area contributed by atoms with Crippen molar-refractivity contribution in [2.45, 2.75) is 16.6 Å². The number of nitro groups is 1. The molecule has 0 amide bonds. The topological polar surface area (TPSA) is 93.7 Å². The number of rotatable bonds is 4. The summed E-state index contributed by atoms with van der Waals surface area (Å²) < 4.78 is 32.3. The summed E-state index contributed by atoms with van der Waals surface area (Å²) in [6.45, 7) is 0.791. The van der Waals surface area contributed by atoms with E-state index in [1.165, 1.54) is 28.6 Å². The first-order chi connectivity index (χ1) is 11.5. The molecule has 1 atom stereocenters. The maximum absolute atomic E-state index is 12.7. The summed E-state index contributed by atoms with van der Waals surface area (Å²) in [6, 6.07) is 8.73. The highest BCUT2D eigenvalue weighted by Gasteiger charge is 2.29. The van der Waals surface area contributed by atoms with Gasteiger partial charge in [-0.1, -0.05) is 0 Å². The summed E-state index contributed by atoms with van der Waals surface area (Å²) in [5.41, 5.74) is -0.127. The third-order valence-corrected chi connectivity index (χ3v) is 7.05. The lowest BCUT2D eigenvalue weighted by Gasteiger charge is -2.19.